The highest BCUT2D eigenvalue weighted by atomic mass is 16.5. The van der Waals surface area contributed by atoms with Crippen LogP contribution in [0.1, 0.15) is 20.8 Å². The van der Waals surface area contributed by atoms with E-state index in [2.05, 4.69) is 24.5 Å². The van der Waals surface area contributed by atoms with Crippen molar-refractivity contribution in [1.29, 1.82) is 0 Å². The van der Waals surface area contributed by atoms with Crippen molar-refractivity contribution >= 4 is 11.6 Å². The number of amides is 1. The summed E-state index contributed by atoms with van der Waals surface area (Å²) in [7, 11) is 1.62. The molecule has 100 valence electrons. The van der Waals surface area contributed by atoms with Crippen molar-refractivity contribution in [2.24, 2.45) is 5.92 Å². The quantitative estimate of drug-likeness (QED) is 0.814. The maximum Gasteiger partial charge on any atom is 0.242 e. The van der Waals surface area contributed by atoms with Gasteiger partial charge in [0.05, 0.1) is 7.11 Å². The lowest BCUT2D eigenvalue weighted by molar-refractivity contribution is -0.121. The fourth-order valence-corrected chi connectivity index (χ4v) is 1.49. The molecule has 1 aromatic carbocycles. The van der Waals surface area contributed by atoms with Crippen LogP contribution in [0.4, 0.5) is 5.69 Å². The van der Waals surface area contributed by atoms with Gasteiger partial charge in [-0.2, -0.15) is 0 Å². The van der Waals surface area contributed by atoms with Gasteiger partial charge in [0.15, 0.2) is 0 Å². The van der Waals surface area contributed by atoms with E-state index in [1.54, 1.807) is 7.11 Å². The summed E-state index contributed by atoms with van der Waals surface area (Å²) >= 11 is 0. The largest absolute Gasteiger partial charge is 0.497 e. The Labute approximate surface area is 109 Å². The molecule has 1 atom stereocenters. The van der Waals surface area contributed by atoms with Crippen molar-refractivity contribution in [3.63, 3.8) is 0 Å². The Balaban J connectivity index is 2.52. The predicted octanol–water partition coefficient (Wildman–Crippen LogP) is 2.27. The highest BCUT2D eigenvalue weighted by molar-refractivity contribution is 5.84. The third kappa shape index (κ3) is 4.65. The summed E-state index contributed by atoms with van der Waals surface area (Å²) in [5.41, 5.74) is 0.876. The van der Waals surface area contributed by atoms with E-state index in [1.165, 1.54) is 0 Å². The molecule has 0 fully saturated rings. The second-order valence-corrected chi connectivity index (χ2v) is 4.74. The normalized spacial score (nSPS) is 12.1. The first kappa shape index (κ1) is 14.4. The molecule has 1 unspecified atom stereocenters. The lowest BCUT2D eigenvalue weighted by atomic mass is 10.2. The molecule has 0 saturated carbocycles. The second-order valence-electron chi connectivity index (χ2n) is 4.74. The van der Waals surface area contributed by atoms with E-state index in [9.17, 15) is 4.79 Å². The lowest BCUT2D eigenvalue weighted by Gasteiger charge is -2.16. The molecule has 0 spiro atoms. The van der Waals surface area contributed by atoms with Crippen LogP contribution in [0.2, 0.25) is 0 Å². The maximum absolute atomic E-state index is 11.8. The van der Waals surface area contributed by atoms with Crippen LogP contribution >= 0.6 is 0 Å². The van der Waals surface area contributed by atoms with Crippen molar-refractivity contribution < 1.29 is 9.53 Å². The standard InChI is InChI=1S/C14H22N2O2/c1-10(2)9-15-14(17)11(3)16-12-6-5-7-13(8-12)18-4/h5-8,10-11,16H,9H2,1-4H3,(H,15,17). The van der Waals surface area contributed by atoms with Crippen LogP contribution in [-0.4, -0.2) is 25.6 Å². The number of carbonyl (C=O) groups is 1. The fraction of sp³-hybridized carbons (Fsp3) is 0.500. The Bertz CT molecular complexity index is 391. The van der Waals surface area contributed by atoms with Gasteiger partial charge >= 0.3 is 0 Å². The van der Waals surface area contributed by atoms with Gasteiger partial charge in [-0.05, 0) is 25.0 Å². The van der Waals surface area contributed by atoms with Crippen molar-refractivity contribution in [3.05, 3.63) is 24.3 Å². The highest BCUT2D eigenvalue weighted by Crippen LogP contribution is 2.17. The number of rotatable bonds is 6. The van der Waals surface area contributed by atoms with Crippen LogP contribution in [0, 0.1) is 5.92 Å². The molecule has 0 aliphatic rings. The van der Waals surface area contributed by atoms with Gasteiger partial charge in [-0.3, -0.25) is 4.79 Å². The molecule has 0 heterocycles. The van der Waals surface area contributed by atoms with Gasteiger partial charge in [-0.1, -0.05) is 19.9 Å². The number of methoxy groups -OCH3 is 1. The summed E-state index contributed by atoms with van der Waals surface area (Å²) in [5.74, 6) is 1.24. The van der Waals surface area contributed by atoms with Crippen LogP contribution in [0.5, 0.6) is 5.75 Å². The van der Waals surface area contributed by atoms with Gasteiger partial charge in [0, 0.05) is 18.3 Å². The average molecular weight is 250 g/mol. The number of ether oxygens (including phenoxy) is 1. The molecule has 0 aliphatic carbocycles. The molecule has 1 aromatic rings. The minimum absolute atomic E-state index is 0.00604. The Morgan fingerprint density at radius 3 is 2.67 bits per heavy atom. The third-order valence-electron chi connectivity index (χ3n) is 2.53. The number of nitrogens with one attached hydrogen (secondary N) is 2. The summed E-state index contributed by atoms with van der Waals surface area (Å²) in [6.45, 7) is 6.68. The van der Waals surface area contributed by atoms with Gasteiger partial charge < -0.3 is 15.4 Å². The molecule has 0 aromatic heterocycles. The summed E-state index contributed by atoms with van der Waals surface area (Å²) in [4.78, 5) is 11.8. The number of hydrogen-bond acceptors (Lipinski definition) is 3. The Morgan fingerprint density at radius 1 is 1.33 bits per heavy atom. The molecule has 0 aliphatic heterocycles. The predicted molar refractivity (Wildman–Crippen MR) is 73.9 cm³/mol. The number of anilines is 1. The van der Waals surface area contributed by atoms with Crippen LogP contribution in [0.3, 0.4) is 0 Å². The summed E-state index contributed by atoms with van der Waals surface area (Å²) < 4.78 is 5.14. The topological polar surface area (TPSA) is 50.4 Å². The zero-order valence-corrected chi connectivity index (χ0v) is 11.5. The first-order chi connectivity index (χ1) is 8.52. The molecule has 2 N–H and O–H groups in total. The van der Waals surface area contributed by atoms with Crippen LogP contribution < -0.4 is 15.4 Å². The number of benzene rings is 1. The summed E-state index contributed by atoms with van der Waals surface area (Å²) in [5, 5.41) is 6.05. The Hall–Kier alpha value is -1.71. The van der Waals surface area contributed by atoms with Gasteiger partial charge in [0.2, 0.25) is 5.91 Å². The van der Waals surface area contributed by atoms with Crippen molar-refractivity contribution in [2.75, 3.05) is 19.0 Å². The monoisotopic (exact) mass is 250 g/mol. The van der Waals surface area contributed by atoms with Crippen molar-refractivity contribution in [3.8, 4) is 5.75 Å². The third-order valence-corrected chi connectivity index (χ3v) is 2.53. The molecular weight excluding hydrogens is 228 g/mol. The summed E-state index contributed by atoms with van der Waals surface area (Å²) in [6, 6.07) is 7.27. The molecule has 4 heteroatoms. The molecule has 0 radical (unpaired) electrons. The van der Waals surface area contributed by atoms with E-state index >= 15 is 0 Å². The zero-order valence-electron chi connectivity index (χ0n) is 11.5. The number of hydrogen-bond donors (Lipinski definition) is 2. The first-order valence-electron chi connectivity index (χ1n) is 6.21. The molecular formula is C14H22N2O2. The molecule has 1 amide bonds. The van der Waals surface area contributed by atoms with Gasteiger partial charge in [0.25, 0.3) is 0 Å². The van der Waals surface area contributed by atoms with Gasteiger partial charge in [-0.25, -0.2) is 0 Å². The Morgan fingerprint density at radius 2 is 2.06 bits per heavy atom. The van der Waals surface area contributed by atoms with E-state index < -0.39 is 0 Å². The number of carbonyl (C=O) groups excluding carboxylic acids is 1. The average Bonchev–Trinajstić information content (AvgIpc) is 2.36. The second kappa shape index (κ2) is 6.89. The van der Waals surface area contributed by atoms with Crippen molar-refractivity contribution in [2.45, 2.75) is 26.8 Å². The highest BCUT2D eigenvalue weighted by Gasteiger charge is 2.12. The van der Waals surface area contributed by atoms with Crippen LogP contribution in [0.25, 0.3) is 0 Å². The minimum atomic E-state index is -0.268. The van der Waals surface area contributed by atoms with E-state index in [1.807, 2.05) is 31.2 Å². The molecule has 1 rings (SSSR count). The first-order valence-corrected chi connectivity index (χ1v) is 6.21. The summed E-state index contributed by atoms with van der Waals surface area (Å²) in [6.07, 6.45) is 0. The molecule has 4 nitrogen and oxygen atoms in total. The SMILES string of the molecule is COc1cccc(NC(C)C(=O)NCC(C)C)c1. The molecule has 18 heavy (non-hydrogen) atoms. The maximum atomic E-state index is 11.8. The van der Waals surface area contributed by atoms with Crippen LogP contribution in [0.15, 0.2) is 24.3 Å². The van der Waals surface area contributed by atoms with Gasteiger partial charge in [-0.15, -0.1) is 0 Å². The van der Waals surface area contributed by atoms with Crippen LogP contribution in [-0.2, 0) is 4.79 Å². The molecule has 0 bridgehead atoms. The van der Waals surface area contributed by atoms with E-state index in [4.69, 9.17) is 4.74 Å². The van der Waals surface area contributed by atoms with Gasteiger partial charge in [0.1, 0.15) is 11.8 Å². The molecule has 0 saturated heterocycles. The van der Waals surface area contributed by atoms with E-state index in [0.29, 0.717) is 12.5 Å². The smallest absolute Gasteiger partial charge is 0.242 e. The van der Waals surface area contributed by atoms with E-state index in [-0.39, 0.29) is 11.9 Å². The fourth-order valence-electron chi connectivity index (χ4n) is 1.49. The Kier molecular flexibility index (Phi) is 5.49. The lowest BCUT2D eigenvalue weighted by Crippen LogP contribution is -2.39. The van der Waals surface area contributed by atoms with E-state index in [0.717, 1.165) is 11.4 Å². The minimum Gasteiger partial charge on any atom is -0.497 e. The zero-order chi connectivity index (χ0) is 13.5. The van der Waals surface area contributed by atoms with Crippen molar-refractivity contribution in [1.82, 2.24) is 5.32 Å².